The van der Waals surface area contributed by atoms with Crippen LogP contribution in [0.4, 0.5) is 4.39 Å². The van der Waals surface area contributed by atoms with Crippen molar-refractivity contribution in [2.75, 3.05) is 19.8 Å². The first-order valence-corrected chi connectivity index (χ1v) is 8.31. The summed E-state index contributed by atoms with van der Waals surface area (Å²) in [5.41, 5.74) is 0.651. The van der Waals surface area contributed by atoms with Crippen molar-refractivity contribution in [3.63, 3.8) is 0 Å². The van der Waals surface area contributed by atoms with Crippen LogP contribution in [0.3, 0.4) is 0 Å². The van der Waals surface area contributed by atoms with E-state index >= 15 is 0 Å². The molecule has 1 aromatic heterocycles. The van der Waals surface area contributed by atoms with Gasteiger partial charge in [-0.1, -0.05) is 0 Å². The molecule has 0 saturated carbocycles. The highest BCUT2D eigenvalue weighted by Crippen LogP contribution is 2.21. The maximum atomic E-state index is 13.2. The lowest BCUT2D eigenvalue weighted by molar-refractivity contribution is -0.146. The number of hydrogen-bond acceptors (Lipinski definition) is 4. The van der Waals surface area contributed by atoms with E-state index in [9.17, 15) is 14.0 Å². The maximum absolute atomic E-state index is 13.2. The van der Waals surface area contributed by atoms with Gasteiger partial charge in [0, 0.05) is 24.9 Å². The number of pyridine rings is 1. The zero-order valence-electron chi connectivity index (χ0n) is 14.1. The molecule has 1 aliphatic heterocycles. The largest absolute Gasteiger partial charge is 0.356 e. The molecule has 3 rings (SSSR count). The number of nitrogens with one attached hydrogen (secondary N) is 2. The Hall–Kier alpha value is -2.25. The molecule has 1 aliphatic rings. The van der Waals surface area contributed by atoms with Crippen LogP contribution in [0.25, 0.3) is 10.9 Å². The van der Waals surface area contributed by atoms with Crippen LogP contribution in [0.2, 0.25) is 0 Å². The molecule has 1 fully saturated rings. The van der Waals surface area contributed by atoms with Gasteiger partial charge in [0.25, 0.3) is 5.56 Å². The van der Waals surface area contributed by atoms with Crippen molar-refractivity contribution in [3.8, 4) is 0 Å². The Morgan fingerprint density at radius 2 is 2.08 bits per heavy atom. The van der Waals surface area contributed by atoms with E-state index in [4.69, 9.17) is 9.47 Å². The zero-order chi connectivity index (χ0) is 17.9. The quantitative estimate of drug-likeness (QED) is 0.835. The van der Waals surface area contributed by atoms with E-state index in [-0.39, 0.29) is 17.9 Å². The number of carbonyl (C=O) groups excluding carboxylic acids is 1. The standard InChI is InChI=1S/C18H21FN2O4/c1-18(24-8-9-25-18)6-7-20-16(22)5-3-13-10-12-2-4-14(19)11-15(12)21-17(13)23/h2,4,10-11H,3,5-9H2,1H3,(H,20,22)(H,21,23). The highest BCUT2D eigenvalue weighted by Gasteiger charge is 2.30. The Bertz CT molecular complexity index is 827. The van der Waals surface area contributed by atoms with Crippen molar-refractivity contribution in [2.24, 2.45) is 0 Å². The van der Waals surface area contributed by atoms with Crippen LogP contribution in [0.15, 0.2) is 29.1 Å². The maximum Gasteiger partial charge on any atom is 0.251 e. The van der Waals surface area contributed by atoms with E-state index in [1.807, 2.05) is 6.92 Å². The average molecular weight is 348 g/mol. The van der Waals surface area contributed by atoms with Crippen LogP contribution in [-0.2, 0) is 20.7 Å². The van der Waals surface area contributed by atoms with Gasteiger partial charge in [0.1, 0.15) is 5.82 Å². The molecule has 0 atom stereocenters. The number of ether oxygens (including phenoxy) is 2. The molecule has 1 saturated heterocycles. The molecule has 0 spiro atoms. The van der Waals surface area contributed by atoms with Crippen LogP contribution < -0.4 is 10.9 Å². The van der Waals surface area contributed by atoms with Gasteiger partial charge in [0.2, 0.25) is 5.91 Å². The van der Waals surface area contributed by atoms with Gasteiger partial charge in [0.05, 0.1) is 18.7 Å². The summed E-state index contributed by atoms with van der Waals surface area (Å²) in [6.45, 7) is 3.43. The van der Waals surface area contributed by atoms with E-state index in [1.165, 1.54) is 12.1 Å². The zero-order valence-corrected chi connectivity index (χ0v) is 14.1. The van der Waals surface area contributed by atoms with Crippen LogP contribution >= 0.6 is 0 Å². The van der Waals surface area contributed by atoms with Gasteiger partial charge >= 0.3 is 0 Å². The van der Waals surface area contributed by atoms with Crippen molar-refractivity contribution < 1.29 is 18.7 Å². The number of hydrogen-bond donors (Lipinski definition) is 2. The number of aryl methyl sites for hydroxylation is 1. The molecule has 2 aromatic rings. The third-order valence-corrected chi connectivity index (χ3v) is 4.31. The lowest BCUT2D eigenvalue weighted by Crippen LogP contribution is -2.33. The second-order valence-electron chi connectivity index (χ2n) is 6.29. The van der Waals surface area contributed by atoms with Gasteiger partial charge < -0.3 is 19.8 Å². The summed E-state index contributed by atoms with van der Waals surface area (Å²) in [7, 11) is 0. The van der Waals surface area contributed by atoms with E-state index in [0.29, 0.717) is 43.7 Å². The second kappa shape index (κ2) is 7.33. The molecule has 0 unspecified atom stereocenters. The van der Waals surface area contributed by atoms with E-state index < -0.39 is 11.6 Å². The number of rotatable bonds is 6. The van der Waals surface area contributed by atoms with Gasteiger partial charge in [-0.15, -0.1) is 0 Å². The normalized spacial score (nSPS) is 16.2. The highest BCUT2D eigenvalue weighted by atomic mass is 19.1. The lowest BCUT2D eigenvalue weighted by Gasteiger charge is -2.22. The Balaban J connectivity index is 1.53. The molecule has 0 radical (unpaired) electrons. The molecule has 7 heteroatoms. The summed E-state index contributed by atoms with van der Waals surface area (Å²) in [6, 6.07) is 5.92. The SMILES string of the molecule is CC1(CCNC(=O)CCc2cc3ccc(F)cc3[nH]c2=O)OCCO1. The van der Waals surface area contributed by atoms with Crippen LogP contribution in [0.1, 0.15) is 25.3 Å². The highest BCUT2D eigenvalue weighted by molar-refractivity contribution is 5.79. The van der Waals surface area contributed by atoms with Gasteiger partial charge in [-0.3, -0.25) is 9.59 Å². The molecule has 6 nitrogen and oxygen atoms in total. The van der Waals surface area contributed by atoms with E-state index in [2.05, 4.69) is 10.3 Å². The minimum absolute atomic E-state index is 0.139. The van der Waals surface area contributed by atoms with Crippen molar-refractivity contribution in [1.29, 1.82) is 0 Å². The van der Waals surface area contributed by atoms with Crippen LogP contribution in [0.5, 0.6) is 0 Å². The smallest absolute Gasteiger partial charge is 0.251 e. The fourth-order valence-corrected chi connectivity index (χ4v) is 2.87. The number of aromatic nitrogens is 1. The van der Waals surface area contributed by atoms with Crippen molar-refractivity contribution in [2.45, 2.75) is 32.0 Å². The summed E-state index contributed by atoms with van der Waals surface area (Å²) >= 11 is 0. The number of halogens is 1. The number of carbonyl (C=O) groups is 1. The Morgan fingerprint density at radius 1 is 1.32 bits per heavy atom. The molecular formula is C18H21FN2O4. The summed E-state index contributed by atoms with van der Waals surface area (Å²) in [5.74, 6) is -1.17. The average Bonchev–Trinajstić information content (AvgIpc) is 2.99. The number of fused-ring (bicyclic) bond motifs is 1. The Labute approximate surface area is 144 Å². The van der Waals surface area contributed by atoms with Crippen molar-refractivity contribution in [1.82, 2.24) is 10.3 Å². The molecule has 2 N–H and O–H groups in total. The fourth-order valence-electron chi connectivity index (χ4n) is 2.87. The molecule has 2 heterocycles. The summed E-state index contributed by atoms with van der Waals surface area (Å²) in [5, 5.41) is 3.54. The minimum Gasteiger partial charge on any atom is -0.356 e. The van der Waals surface area contributed by atoms with Crippen molar-refractivity contribution >= 4 is 16.8 Å². The molecule has 0 bridgehead atoms. The van der Waals surface area contributed by atoms with Gasteiger partial charge in [-0.25, -0.2) is 4.39 Å². The van der Waals surface area contributed by atoms with Crippen LogP contribution in [-0.4, -0.2) is 36.4 Å². The first-order valence-electron chi connectivity index (χ1n) is 8.31. The first-order chi connectivity index (χ1) is 12.0. The topological polar surface area (TPSA) is 80.4 Å². The Morgan fingerprint density at radius 3 is 2.84 bits per heavy atom. The predicted molar refractivity (Wildman–Crippen MR) is 90.8 cm³/mol. The van der Waals surface area contributed by atoms with Crippen LogP contribution in [0, 0.1) is 5.82 Å². The molecular weight excluding hydrogens is 327 g/mol. The third-order valence-electron chi connectivity index (χ3n) is 4.31. The predicted octanol–water partition coefficient (Wildman–Crippen LogP) is 1.87. The number of benzene rings is 1. The molecule has 134 valence electrons. The van der Waals surface area contributed by atoms with Crippen molar-refractivity contribution in [3.05, 3.63) is 46.0 Å². The molecule has 1 aromatic carbocycles. The molecule has 25 heavy (non-hydrogen) atoms. The third kappa shape index (κ3) is 4.43. The second-order valence-corrected chi connectivity index (χ2v) is 6.29. The summed E-state index contributed by atoms with van der Waals surface area (Å²) in [6.07, 6.45) is 1.09. The van der Waals surface area contributed by atoms with E-state index in [1.54, 1.807) is 12.1 Å². The summed E-state index contributed by atoms with van der Waals surface area (Å²) < 4.78 is 24.1. The number of H-pyrrole nitrogens is 1. The number of aromatic amines is 1. The Kier molecular flexibility index (Phi) is 5.15. The van der Waals surface area contributed by atoms with E-state index in [0.717, 1.165) is 5.39 Å². The molecule has 1 amide bonds. The summed E-state index contributed by atoms with van der Waals surface area (Å²) in [4.78, 5) is 26.7. The minimum atomic E-state index is -0.627. The van der Waals surface area contributed by atoms with Gasteiger partial charge in [-0.2, -0.15) is 0 Å². The number of amides is 1. The molecule has 0 aliphatic carbocycles. The fraction of sp³-hybridized carbons (Fsp3) is 0.444. The van der Waals surface area contributed by atoms with Gasteiger partial charge in [0.15, 0.2) is 5.79 Å². The lowest BCUT2D eigenvalue weighted by atomic mass is 10.1. The first kappa shape index (κ1) is 17.6. The van der Waals surface area contributed by atoms with Gasteiger partial charge in [-0.05, 0) is 43.0 Å². The monoisotopic (exact) mass is 348 g/mol.